The number of esters is 1. The van der Waals surface area contributed by atoms with E-state index in [0.717, 1.165) is 20.1 Å². The van der Waals surface area contributed by atoms with Crippen LogP contribution in [0.2, 0.25) is 0 Å². The number of carbonyl (C=O) groups excluding carboxylic acids is 2. The number of hydrogen-bond acceptors (Lipinski definition) is 8. The number of carboxylic acids is 1. The molecule has 0 atom stereocenters. The molecule has 0 aromatic heterocycles. The number of carbonyl (C=O) groups is 3. The molecular formula is C30H46Br4N2O7Y. The first-order chi connectivity index (χ1) is 20.0. The molecule has 1 aromatic rings. The minimum absolute atomic E-state index is 0. The van der Waals surface area contributed by atoms with E-state index >= 15 is 0 Å². The van der Waals surface area contributed by atoms with Crippen LogP contribution in [-0.4, -0.2) is 67.3 Å². The van der Waals surface area contributed by atoms with Gasteiger partial charge in [0.1, 0.15) is 17.8 Å². The zero-order valence-electron chi connectivity index (χ0n) is 26.4. The summed E-state index contributed by atoms with van der Waals surface area (Å²) in [6, 6.07) is 7.61. The third kappa shape index (κ3) is 29.3. The number of carboxylic acid groups (broad SMARTS) is 1. The van der Waals surface area contributed by atoms with Gasteiger partial charge in [-0.25, -0.2) is 4.79 Å². The second-order valence-corrected chi connectivity index (χ2v) is 21.8. The molecule has 1 fully saturated rings. The summed E-state index contributed by atoms with van der Waals surface area (Å²) in [5.74, 6) is 0.0246. The summed E-state index contributed by atoms with van der Waals surface area (Å²) >= 11 is 12.5. The van der Waals surface area contributed by atoms with Crippen LogP contribution in [0.25, 0.3) is 0 Å². The number of rotatable bonds is 7. The van der Waals surface area contributed by atoms with Gasteiger partial charge in [0.25, 0.3) is 0 Å². The Morgan fingerprint density at radius 1 is 0.955 bits per heavy atom. The number of alkyl halides is 4. The molecule has 0 amide bonds. The Balaban J connectivity index is 0. The normalized spacial score (nSPS) is 14.0. The van der Waals surface area contributed by atoms with E-state index in [0.29, 0.717) is 5.75 Å². The largest absolute Gasteiger partial charge is 0.514 e. The zero-order valence-corrected chi connectivity index (χ0v) is 35.6. The van der Waals surface area contributed by atoms with E-state index in [9.17, 15) is 14.4 Å². The number of fused-ring (bicyclic) bond motifs is 1. The molecule has 0 bridgehead atoms. The van der Waals surface area contributed by atoms with Crippen molar-refractivity contribution in [2.75, 3.05) is 26.7 Å². The van der Waals surface area contributed by atoms with Crippen LogP contribution in [0.3, 0.4) is 0 Å². The van der Waals surface area contributed by atoms with Gasteiger partial charge in [0.2, 0.25) is 0 Å². The maximum absolute atomic E-state index is 11.5. The summed E-state index contributed by atoms with van der Waals surface area (Å²) in [7, 11) is 1.14. The summed E-state index contributed by atoms with van der Waals surface area (Å²) in [5.41, 5.74) is 0.738. The van der Waals surface area contributed by atoms with Gasteiger partial charge in [0, 0.05) is 58.8 Å². The monoisotopic (exact) mass is 951 g/mol. The molecule has 2 heterocycles. The molecule has 1 N–H and O–H groups in total. The summed E-state index contributed by atoms with van der Waals surface area (Å²) in [6.45, 7) is 11.2. The molecule has 14 heteroatoms. The molecule has 9 nitrogen and oxygen atoms in total. The van der Waals surface area contributed by atoms with Gasteiger partial charge >= 0.3 is 18.1 Å². The van der Waals surface area contributed by atoms with Gasteiger partial charge in [-0.2, -0.15) is 0 Å². The van der Waals surface area contributed by atoms with Crippen molar-refractivity contribution in [1.82, 2.24) is 4.90 Å². The minimum Gasteiger partial charge on any atom is -0.481 e. The Morgan fingerprint density at radius 3 is 2.05 bits per heavy atom. The Kier molecular flexibility index (Phi) is 27.2. The predicted molar refractivity (Wildman–Crippen MR) is 186 cm³/mol. The Hall–Kier alpha value is -0.0761. The number of aliphatic carboxylic acids is 1. The maximum Gasteiger partial charge on any atom is 0.514 e. The van der Waals surface area contributed by atoms with Gasteiger partial charge in [-0.1, -0.05) is 38.3 Å². The number of amidine groups is 1. The number of ether oxygens (including phenoxy) is 3. The van der Waals surface area contributed by atoms with E-state index in [-0.39, 0.29) is 33.8 Å². The number of aryl methyl sites for hydroxylation is 1. The van der Waals surface area contributed by atoms with Gasteiger partial charge in [-0.05, 0) is 134 Å². The van der Waals surface area contributed by atoms with E-state index in [1.807, 2.05) is 45.0 Å². The van der Waals surface area contributed by atoms with E-state index in [1.54, 1.807) is 0 Å². The molecule has 0 spiro atoms. The molecule has 249 valence electrons. The quantitative estimate of drug-likeness (QED) is 0.0947. The van der Waals surface area contributed by atoms with Crippen LogP contribution in [0.15, 0.2) is 29.3 Å². The molecule has 1 radical (unpaired) electrons. The number of hydrogen-bond donors (Lipinski definition) is 1. The second kappa shape index (κ2) is 25.9. The van der Waals surface area contributed by atoms with Crippen LogP contribution in [0.5, 0.6) is 5.75 Å². The van der Waals surface area contributed by atoms with Gasteiger partial charge in [-0.15, -0.1) is 0 Å². The topological polar surface area (TPSA) is 115 Å². The van der Waals surface area contributed by atoms with Crippen molar-refractivity contribution < 1.29 is 66.4 Å². The van der Waals surface area contributed by atoms with E-state index in [1.165, 1.54) is 75.9 Å². The molecule has 3 rings (SSSR count). The van der Waals surface area contributed by atoms with Crippen molar-refractivity contribution in [3.8, 4) is 5.75 Å². The van der Waals surface area contributed by atoms with Crippen LogP contribution in [0.1, 0.15) is 91.0 Å². The molecule has 1 saturated heterocycles. The summed E-state index contributed by atoms with van der Waals surface area (Å²) < 4.78 is 14.0. The molecule has 2 aliphatic rings. The van der Waals surface area contributed by atoms with E-state index in [2.05, 4.69) is 85.3 Å². The van der Waals surface area contributed by atoms with Crippen LogP contribution in [0.4, 0.5) is 4.79 Å². The molecule has 0 aliphatic carbocycles. The molecular weight excluding hydrogens is 909 g/mol. The number of halogens is 4. The number of benzene rings is 1. The van der Waals surface area contributed by atoms with Crippen LogP contribution in [-0.2, 0) is 58.2 Å². The molecule has 1 aromatic carbocycles. The van der Waals surface area contributed by atoms with E-state index < -0.39 is 30.1 Å². The summed E-state index contributed by atoms with van der Waals surface area (Å²) in [5, 5.41) is 7.91. The Labute approximate surface area is 321 Å². The molecule has 2 aliphatic heterocycles. The average Bonchev–Trinajstić information content (AvgIpc) is 3.14. The van der Waals surface area contributed by atoms with Crippen molar-refractivity contribution in [2.24, 2.45) is 4.99 Å². The number of methoxy groups -OCH3 is 1. The van der Waals surface area contributed by atoms with Crippen molar-refractivity contribution in [3.05, 3.63) is 29.8 Å². The van der Waals surface area contributed by atoms with Gasteiger partial charge in [0.05, 0.1) is 12.9 Å². The summed E-state index contributed by atoms with van der Waals surface area (Å²) in [6.07, 6.45) is 10.1. The molecule has 0 saturated carbocycles. The SMILES string of the molecule is BrC(Br)(Br)Br.C1CCC2=NCCCN2CC1.CCCCCc1ccc(OC(=O)OC(C)(C)C)cc1.COC(=O)CC(=O)O.[Y]. The number of nitrogens with zero attached hydrogens (tertiary/aromatic N) is 2. The maximum atomic E-state index is 11.5. The third-order valence-electron chi connectivity index (χ3n) is 5.68. The first-order valence-corrected chi connectivity index (χ1v) is 17.5. The zero-order chi connectivity index (χ0) is 32.9. The fourth-order valence-corrected chi connectivity index (χ4v) is 3.81. The van der Waals surface area contributed by atoms with E-state index in [4.69, 9.17) is 14.6 Å². The van der Waals surface area contributed by atoms with Crippen LogP contribution >= 0.6 is 63.7 Å². The standard InChI is InChI=1S/C16H24O3.C9H16N2.C4H6O4.CBr4.Y/c1-5-6-7-8-13-9-11-14(12-10-13)18-15(17)19-16(2,3)4;1-2-5-9-10-6-4-8-11(9)7-3-1;1-8-4(7)2-3(5)6;2-1(3,4)5;/h9-12H,5-8H2,1-4H3;1-8H2;2H2,1H3,(H,5,6);;. The van der Waals surface area contributed by atoms with Gasteiger partial charge < -0.3 is 24.2 Å². The second-order valence-electron chi connectivity index (χ2n) is 10.7. The van der Waals surface area contributed by atoms with Crippen LogP contribution in [0, 0.1) is 0 Å². The fourth-order valence-electron chi connectivity index (χ4n) is 3.81. The van der Waals surface area contributed by atoms with Gasteiger partial charge in [0.15, 0.2) is 1.05 Å². The van der Waals surface area contributed by atoms with Crippen molar-refractivity contribution in [3.63, 3.8) is 0 Å². The average molecular weight is 955 g/mol. The number of unbranched alkanes of at least 4 members (excludes halogenated alkanes) is 2. The fraction of sp³-hybridized carbons (Fsp3) is 0.667. The molecule has 0 unspecified atom stereocenters. The number of aliphatic imine (C=N–C) groups is 1. The first-order valence-electron chi connectivity index (χ1n) is 14.4. The predicted octanol–water partition coefficient (Wildman–Crippen LogP) is 9.21. The smallest absolute Gasteiger partial charge is 0.481 e. The Bertz CT molecular complexity index is 979. The minimum atomic E-state index is -1.17. The van der Waals surface area contributed by atoms with Gasteiger partial charge in [-0.3, -0.25) is 14.6 Å². The van der Waals surface area contributed by atoms with Crippen molar-refractivity contribution in [1.29, 1.82) is 0 Å². The Morgan fingerprint density at radius 2 is 1.55 bits per heavy atom. The third-order valence-corrected chi connectivity index (χ3v) is 5.68. The van der Waals surface area contributed by atoms with Crippen molar-refractivity contribution in [2.45, 2.75) is 98.6 Å². The molecule has 44 heavy (non-hydrogen) atoms. The summed E-state index contributed by atoms with van der Waals surface area (Å²) in [4.78, 5) is 38.2. The first kappa shape index (κ1) is 46.0. The van der Waals surface area contributed by atoms with Crippen molar-refractivity contribution >= 4 is 87.6 Å². The van der Waals surface area contributed by atoms with Crippen LogP contribution < -0.4 is 4.74 Å².